The predicted molar refractivity (Wildman–Crippen MR) is 59.4 cm³/mol. The average molecular weight is 243 g/mol. The first kappa shape index (κ1) is 11.2. The van der Waals surface area contributed by atoms with Crippen LogP contribution in [0.2, 0.25) is 0 Å². The van der Waals surface area contributed by atoms with Crippen LogP contribution in [-0.2, 0) is 10.1 Å². The molecule has 16 heavy (non-hydrogen) atoms. The zero-order chi connectivity index (χ0) is 11.9. The molecule has 6 heteroatoms. The lowest BCUT2D eigenvalue weighted by Gasteiger charge is -2.19. The maximum absolute atomic E-state index is 11.0. The van der Waals surface area contributed by atoms with Crippen molar-refractivity contribution < 1.29 is 17.7 Å². The molecular weight excluding hydrogens is 230 g/mol. The van der Waals surface area contributed by atoms with Gasteiger partial charge in [-0.2, -0.15) is 8.42 Å². The summed E-state index contributed by atoms with van der Waals surface area (Å²) >= 11 is 0. The van der Waals surface area contributed by atoms with Crippen molar-refractivity contribution in [2.24, 2.45) is 0 Å². The van der Waals surface area contributed by atoms with E-state index in [0.717, 1.165) is 12.2 Å². The van der Waals surface area contributed by atoms with E-state index in [4.69, 9.17) is 9.29 Å². The zero-order valence-corrected chi connectivity index (χ0v) is 9.86. The van der Waals surface area contributed by atoms with Crippen LogP contribution in [0.3, 0.4) is 0 Å². The van der Waals surface area contributed by atoms with E-state index in [2.05, 4.69) is 0 Å². The summed E-state index contributed by atoms with van der Waals surface area (Å²) in [7, 11) is -4.16. The zero-order valence-electron chi connectivity index (χ0n) is 9.04. The molecule has 0 spiro atoms. The topological polar surface area (TPSA) is 66.8 Å². The highest BCUT2D eigenvalue weighted by Crippen LogP contribution is 2.38. The van der Waals surface area contributed by atoms with Crippen LogP contribution in [-0.4, -0.2) is 25.7 Å². The maximum atomic E-state index is 11.0. The number of ether oxygens (including phenoxy) is 1. The van der Waals surface area contributed by atoms with Crippen molar-refractivity contribution in [3.05, 3.63) is 18.2 Å². The van der Waals surface area contributed by atoms with Crippen molar-refractivity contribution in [1.29, 1.82) is 0 Å². The first-order valence-corrected chi connectivity index (χ1v) is 6.42. The molecule has 1 aliphatic rings. The fourth-order valence-corrected chi connectivity index (χ4v) is 2.35. The Kier molecular flexibility index (Phi) is 2.55. The highest BCUT2D eigenvalue weighted by molar-refractivity contribution is 7.85. The Morgan fingerprint density at radius 1 is 1.50 bits per heavy atom. The highest BCUT2D eigenvalue weighted by atomic mass is 32.2. The number of hydrogen-bond donors (Lipinski definition) is 1. The monoisotopic (exact) mass is 243 g/mol. The average Bonchev–Trinajstić information content (AvgIpc) is 2.50. The molecule has 88 valence electrons. The smallest absolute Gasteiger partial charge is 0.294 e. The molecular formula is C10H13NO4S. The van der Waals surface area contributed by atoms with Crippen LogP contribution < -0.4 is 9.64 Å². The summed E-state index contributed by atoms with van der Waals surface area (Å²) in [5.74, 6) is 0.490. The van der Waals surface area contributed by atoms with Crippen molar-refractivity contribution >= 4 is 15.8 Å². The van der Waals surface area contributed by atoms with Crippen molar-refractivity contribution in [2.45, 2.75) is 25.0 Å². The lowest BCUT2D eigenvalue weighted by molar-refractivity contribution is 0.246. The van der Waals surface area contributed by atoms with Gasteiger partial charge in [-0.3, -0.25) is 4.55 Å². The number of anilines is 1. The van der Waals surface area contributed by atoms with E-state index >= 15 is 0 Å². The number of hydrogen-bond acceptors (Lipinski definition) is 4. The van der Waals surface area contributed by atoms with Gasteiger partial charge < -0.3 is 9.64 Å². The number of nitrogens with zero attached hydrogens (tertiary/aromatic N) is 1. The van der Waals surface area contributed by atoms with Crippen LogP contribution >= 0.6 is 0 Å². The normalized spacial score (nSPS) is 19.4. The minimum absolute atomic E-state index is 0.114. The van der Waals surface area contributed by atoms with Gasteiger partial charge >= 0.3 is 0 Å². The fourth-order valence-electron chi connectivity index (χ4n) is 1.86. The van der Waals surface area contributed by atoms with Gasteiger partial charge in [0, 0.05) is 12.6 Å². The second kappa shape index (κ2) is 3.64. The molecule has 0 radical (unpaired) electrons. The molecule has 2 rings (SSSR count). The van der Waals surface area contributed by atoms with Gasteiger partial charge in [-0.15, -0.1) is 0 Å². The van der Waals surface area contributed by atoms with E-state index in [1.165, 1.54) is 12.1 Å². The second-order valence-electron chi connectivity index (χ2n) is 3.61. The van der Waals surface area contributed by atoms with E-state index in [1.54, 1.807) is 6.07 Å². The molecule has 0 amide bonds. The number of benzene rings is 1. The first-order chi connectivity index (χ1) is 7.43. The Balaban J connectivity index is 2.48. The molecule has 1 heterocycles. The van der Waals surface area contributed by atoms with E-state index in [1.807, 2.05) is 18.7 Å². The molecule has 5 nitrogen and oxygen atoms in total. The van der Waals surface area contributed by atoms with Crippen molar-refractivity contribution in [3.8, 4) is 5.75 Å². The Labute approximate surface area is 94.4 Å². The molecule has 1 N–H and O–H groups in total. The lowest BCUT2D eigenvalue weighted by Crippen LogP contribution is -2.31. The van der Waals surface area contributed by atoms with Gasteiger partial charge in [0.2, 0.25) is 0 Å². The van der Waals surface area contributed by atoms with Crippen LogP contribution in [0, 0.1) is 0 Å². The highest BCUT2D eigenvalue weighted by Gasteiger charge is 2.27. The maximum Gasteiger partial charge on any atom is 0.294 e. The molecule has 0 fully saturated rings. The number of rotatable bonds is 2. The van der Waals surface area contributed by atoms with E-state index in [0.29, 0.717) is 5.75 Å². The third-order valence-electron chi connectivity index (χ3n) is 2.62. The van der Waals surface area contributed by atoms with Gasteiger partial charge in [0.15, 0.2) is 6.23 Å². The van der Waals surface area contributed by atoms with Crippen molar-refractivity contribution in [3.63, 3.8) is 0 Å². The molecule has 0 aromatic heterocycles. The molecule has 1 aliphatic heterocycles. The molecule has 1 aromatic rings. The van der Waals surface area contributed by atoms with Gasteiger partial charge in [-0.1, -0.05) is 0 Å². The first-order valence-electron chi connectivity index (χ1n) is 4.98. The van der Waals surface area contributed by atoms with Gasteiger partial charge in [-0.25, -0.2) is 0 Å². The van der Waals surface area contributed by atoms with Crippen molar-refractivity contribution in [2.75, 3.05) is 11.4 Å². The third kappa shape index (κ3) is 1.74. The Hall–Kier alpha value is -1.27. The molecule has 1 atom stereocenters. The fraction of sp³-hybridized carbons (Fsp3) is 0.400. The SMILES string of the molecule is CCN1c2ccc(S(=O)(=O)O)cc2OC1C. The van der Waals surface area contributed by atoms with Crippen LogP contribution in [0.5, 0.6) is 5.75 Å². The molecule has 1 aromatic carbocycles. The Morgan fingerprint density at radius 3 is 2.75 bits per heavy atom. The van der Waals surface area contributed by atoms with E-state index < -0.39 is 10.1 Å². The number of fused-ring (bicyclic) bond motifs is 1. The molecule has 0 aliphatic carbocycles. The standard InChI is InChI=1S/C10H13NO4S/c1-3-11-7(2)15-10-6-8(16(12,13)14)4-5-9(10)11/h4-7H,3H2,1-2H3,(H,12,13,14). The third-order valence-corrected chi connectivity index (χ3v) is 3.47. The van der Waals surface area contributed by atoms with Gasteiger partial charge in [0.1, 0.15) is 5.75 Å². The summed E-state index contributed by atoms with van der Waals surface area (Å²) in [6.45, 7) is 4.65. The van der Waals surface area contributed by atoms with Crippen LogP contribution in [0.15, 0.2) is 23.1 Å². The minimum atomic E-state index is -4.16. The van der Waals surface area contributed by atoms with Crippen LogP contribution in [0.4, 0.5) is 5.69 Å². The summed E-state index contributed by atoms with van der Waals surface area (Å²) < 4.78 is 36.3. The van der Waals surface area contributed by atoms with Crippen molar-refractivity contribution in [1.82, 2.24) is 0 Å². The molecule has 0 bridgehead atoms. The summed E-state index contributed by atoms with van der Waals surface area (Å²) in [6.07, 6.45) is -0.114. The van der Waals surface area contributed by atoms with E-state index in [-0.39, 0.29) is 11.1 Å². The molecule has 1 unspecified atom stereocenters. The molecule has 0 saturated carbocycles. The summed E-state index contributed by atoms with van der Waals surface area (Å²) in [5, 5.41) is 0. The largest absolute Gasteiger partial charge is 0.469 e. The minimum Gasteiger partial charge on any atom is -0.469 e. The summed E-state index contributed by atoms with van der Waals surface area (Å²) in [6, 6.07) is 4.36. The Bertz CT molecular complexity index is 512. The molecule has 0 saturated heterocycles. The Morgan fingerprint density at radius 2 is 2.19 bits per heavy atom. The van der Waals surface area contributed by atoms with Crippen LogP contribution in [0.1, 0.15) is 13.8 Å². The summed E-state index contributed by atoms with van der Waals surface area (Å²) in [5.41, 5.74) is 0.849. The van der Waals surface area contributed by atoms with Gasteiger partial charge in [-0.05, 0) is 26.0 Å². The van der Waals surface area contributed by atoms with Gasteiger partial charge in [0.25, 0.3) is 10.1 Å². The summed E-state index contributed by atoms with van der Waals surface area (Å²) in [4.78, 5) is 1.86. The van der Waals surface area contributed by atoms with Crippen LogP contribution in [0.25, 0.3) is 0 Å². The lowest BCUT2D eigenvalue weighted by atomic mass is 10.3. The second-order valence-corrected chi connectivity index (χ2v) is 5.03. The predicted octanol–water partition coefficient (Wildman–Crippen LogP) is 1.50. The van der Waals surface area contributed by atoms with Gasteiger partial charge in [0.05, 0.1) is 10.6 Å². The quantitative estimate of drug-likeness (QED) is 0.797. The van der Waals surface area contributed by atoms with E-state index in [9.17, 15) is 8.42 Å².